The largest absolute Gasteiger partial charge is 0.349 e. The monoisotopic (exact) mass is 280 g/mol. The van der Waals surface area contributed by atoms with Crippen molar-refractivity contribution in [1.82, 2.24) is 10.3 Å². The van der Waals surface area contributed by atoms with Gasteiger partial charge in [-0.25, -0.2) is 0 Å². The number of hydrogen-bond donors (Lipinski definition) is 2. The molecule has 4 heteroatoms. The molecule has 2 N–H and O–H groups in total. The molecule has 0 saturated carbocycles. The summed E-state index contributed by atoms with van der Waals surface area (Å²) in [6, 6.07) is 5.71. The molecule has 2 rings (SSSR count). The van der Waals surface area contributed by atoms with Crippen molar-refractivity contribution in [2.24, 2.45) is 0 Å². The molecule has 84 valence electrons. The highest BCUT2D eigenvalue weighted by Crippen LogP contribution is 2.28. The molecule has 0 bridgehead atoms. The number of benzene rings is 1. The van der Waals surface area contributed by atoms with Crippen molar-refractivity contribution in [2.75, 3.05) is 13.6 Å². The Morgan fingerprint density at radius 1 is 1.50 bits per heavy atom. The van der Waals surface area contributed by atoms with Crippen molar-refractivity contribution in [3.63, 3.8) is 0 Å². The Morgan fingerprint density at radius 2 is 2.31 bits per heavy atom. The molecule has 0 fully saturated rings. The molecular formula is C12H13BrN2O. The van der Waals surface area contributed by atoms with Crippen LogP contribution in [0.15, 0.2) is 22.8 Å². The van der Waals surface area contributed by atoms with Gasteiger partial charge in [0.25, 0.3) is 0 Å². The van der Waals surface area contributed by atoms with Crippen LogP contribution in [-0.4, -0.2) is 24.9 Å². The van der Waals surface area contributed by atoms with Crippen molar-refractivity contribution in [2.45, 2.75) is 6.42 Å². The maximum absolute atomic E-state index is 11.0. The first-order chi connectivity index (χ1) is 7.77. The van der Waals surface area contributed by atoms with E-state index in [0.717, 1.165) is 45.9 Å². The minimum absolute atomic E-state index is 0.741. The number of rotatable bonds is 4. The molecule has 1 aromatic heterocycles. The molecule has 0 aliphatic rings. The van der Waals surface area contributed by atoms with Crippen LogP contribution in [0.1, 0.15) is 15.9 Å². The Labute approximate surface area is 102 Å². The predicted octanol–water partition coefficient (Wildman–Crippen LogP) is 2.50. The molecular weight excluding hydrogens is 268 g/mol. The van der Waals surface area contributed by atoms with Crippen molar-refractivity contribution in [3.05, 3.63) is 33.9 Å². The minimum atomic E-state index is 0.741. The molecule has 2 aromatic rings. The summed E-state index contributed by atoms with van der Waals surface area (Å²) in [5.74, 6) is 0. The van der Waals surface area contributed by atoms with E-state index in [1.54, 1.807) is 0 Å². The van der Waals surface area contributed by atoms with Crippen LogP contribution in [0.25, 0.3) is 10.9 Å². The summed E-state index contributed by atoms with van der Waals surface area (Å²) in [6.07, 6.45) is 1.80. The quantitative estimate of drug-likeness (QED) is 0.846. The van der Waals surface area contributed by atoms with E-state index in [-0.39, 0.29) is 0 Å². The smallest absolute Gasteiger partial charge is 0.150 e. The van der Waals surface area contributed by atoms with E-state index in [1.165, 1.54) is 0 Å². The lowest BCUT2D eigenvalue weighted by molar-refractivity contribution is 0.112. The summed E-state index contributed by atoms with van der Waals surface area (Å²) >= 11 is 3.50. The fraction of sp³-hybridized carbons (Fsp3) is 0.250. The molecule has 1 aromatic carbocycles. The molecule has 0 saturated heterocycles. The van der Waals surface area contributed by atoms with Crippen LogP contribution in [-0.2, 0) is 6.42 Å². The van der Waals surface area contributed by atoms with Gasteiger partial charge in [-0.15, -0.1) is 0 Å². The van der Waals surface area contributed by atoms with Gasteiger partial charge in [0, 0.05) is 16.5 Å². The number of nitrogens with one attached hydrogen (secondary N) is 2. The summed E-state index contributed by atoms with van der Waals surface area (Å²) < 4.78 is 0.965. The Balaban J connectivity index is 2.60. The summed E-state index contributed by atoms with van der Waals surface area (Å²) in [5.41, 5.74) is 2.90. The van der Waals surface area contributed by atoms with Crippen molar-refractivity contribution >= 4 is 33.1 Å². The zero-order valence-electron chi connectivity index (χ0n) is 9.01. The molecule has 0 aliphatic heterocycles. The lowest BCUT2D eigenvalue weighted by Gasteiger charge is -2.01. The number of carbonyl (C=O) groups excluding carboxylic acids is 1. The van der Waals surface area contributed by atoms with Gasteiger partial charge >= 0.3 is 0 Å². The van der Waals surface area contributed by atoms with Gasteiger partial charge in [0.15, 0.2) is 6.29 Å². The Bertz CT molecular complexity index is 519. The van der Waals surface area contributed by atoms with Crippen LogP contribution in [0.4, 0.5) is 0 Å². The number of H-pyrrole nitrogens is 1. The van der Waals surface area contributed by atoms with Crippen molar-refractivity contribution in [3.8, 4) is 0 Å². The van der Waals surface area contributed by atoms with E-state index in [9.17, 15) is 4.79 Å². The number of fused-ring (bicyclic) bond motifs is 1. The lowest BCUT2D eigenvalue weighted by Crippen LogP contribution is -2.10. The lowest BCUT2D eigenvalue weighted by atomic mass is 10.1. The Morgan fingerprint density at radius 3 is 3.00 bits per heavy atom. The van der Waals surface area contributed by atoms with Gasteiger partial charge in [0.05, 0.1) is 4.60 Å². The molecule has 3 nitrogen and oxygen atoms in total. The van der Waals surface area contributed by atoms with Gasteiger partial charge < -0.3 is 10.3 Å². The number of aromatic amines is 1. The first-order valence-electron chi connectivity index (χ1n) is 5.16. The topological polar surface area (TPSA) is 44.9 Å². The Kier molecular flexibility index (Phi) is 3.41. The van der Waals surface area contributed by atoms with Gasteiger partial charge in [-0.2, -0.15) is 0 Å². The SMILES string of the molecule is CNCCc1c(Br)[nH]c2cccc(C=O)c12. The molecule has 0 amide bonds. The van der Waals surface area contributed by atoms with E-state index in [2.05, 4.69) is 26.2 Å². The van der Waals surface area contributed by atoms with Crippen LogP contribution in [0, 0.1) is 0 Å². The standard InChI is InChI=1S/C12H13BrN2O/c1-14-6-5-9-11-8(7-16)3-2-4-10(11)15-12(9)13/h2-4,7,14-15H,5-6H2,1H3. The van der Waals surface area contributed by atoms with E-state index in [4.69, 9.17) is 0 Å². The maximum Gasteiger partial charge on any atom is 0.150 e. The second-order valence-electron chi connectivity index (χ2n) is 3.66. The molecule has 1 heterocycles. The number of hydrogen-bond acceptors (Lipinski definition) is 2. The third-order valence-corrected chi connectivity index (χ3v) is 3.34. The van der Waals surface area contributed by atoms with E-state index in [1.807, 2.05) is 25.2 Å². The number of aromatic nitrogens is 1. The third-order valence-electron chi connectivity index (χ3n) is 2.66. The molecule has 0 spiro atoms. The van der Waals surface area contributed by atoms with Crippen LogP contribution in [0.5, 0.6) is 0 Å². The van der Waals surface area contributed by atoms with Gasteiger partial charge in [0.2, 0.25) is 0 Å². The molecule has 16 heavy (non-hydrogen) atoms. The predicted molar refractivity (Wildman–Crippen MR) is 69.0 cm³/mol. The van der Waals surface area contributed by atoms with E-state index < -0.39 is 0 Å². The first kappa shape index (κ1) is 11.4. The highest BCUT2D eigenvalue weighted by Gasteiger charge is 2.11. The number of carbonyl (C=O) groups is 1. The van der Waals surface area contributed by atoms with E-state index >= 15 is 0 Å². The zero-order valence-corrected chi connectivity index (χ0v) is 10.6. The fourth-order valence-corrected chi connectivity index (χ4v) is 2.51. The third kappa shape index (κ3) is 1.90. The molecule has 0 atom stereocenters. The highest BCUT2D eigenvalue weighted by atomic mass is 79.9. The van der Waals surface area contributed by atoms with Gasteiger partial charge in [-0.1, -0.05) is 12.1 Å². The average molecular weight is 281 g/mol. The zero-order chi connectivity index (χ0) is 11.5. The second-order valence-corrected chi connectivity index (χ2v) is 4.45. The summed E-state index contributed by atoms with van der Waals surface area (Å²) in [6.45, 7) is 0.888. The Hall–Kier alpha value is -1.13. The summed E-state index contributed by atoms with van der Waals surface area (Å²) in [5, 5.41) is 4.14. The van der Waals surface area contributed by atoms with Crippen LogP contribution >= 0.6 is 15.9 Å². The molecule has 0 unspecified atom stereocenters. The fourth-order valence-electron chi connectivity index (χ4n) is 1.90. The summed E-state index contributed by atoms with van der Waals surface area (Å²) in [7, 11) is 1.92. The van der Waals surface area contributed by atoms with E-state index in [0.29, 0.717) is 0 Å². The first-order valence-corrected chi connectivity index (χ1v) is 5.96. The highest BCUT2D eigenvalue weighted by molar-refractivity contribution is 9.10. The van der Waals surface area contributed by atoms with Crippen molar-refractivity contribution < 1.29 is 4.79 Å². The molecule has 0 aliphatic carbocycles. The number of halogens is 1. The average Bonchev–Trinajstić information content (AvgIpc) is 2.62. The summed E-state index contributed by atoms with van der Waals surface area (Å²) in [4.78, 5) is 14.3. The maximum atomic E-state index is 11.0. The van der Waals surface area contributed by atoms with Gasteiger partial charge in [-0.05, 0) is 47.6 Å². The minimum Gasteiger partial charge on any atom is -0.349 e. The number of likely N-dealkylation sites (N-methyl/N-ethyl adjacent to an activating group) is 1. The van der Waals surface area contributed by atoms with Crippen molar-refractivity contribution in [1.29, 1.82) is 0 Å². The van der Waals surface area contributed by atoms with Crippen LogP contribution in [0.3, 0.4) is 0 Å². The second kappa shape index (κ2) is 4.80. The van der Waals surface area contributed by atoms with Crippen LogP contribution in [0.2, 0.25) is 0 Å². The van der Waals surface area contributed by atoms with Crippen LogP contribution < -0.4 is 5.32 Å². The normalized spacial score (nSPS) is 10.9. The van der Waals surface area contributed by atoms with Gasteiger partial charge in [0.1, 0.15) is 0 Å². The van der Waals surface area contributed by atoms with Gasteiger partial charge in [-0.3, -0.25) is 4.79 Å². The number of aldehydes is 1. The molecule has 0 radical (unpaired) electrons.